The van der Waals surface area contributed by atoms with Crippen molar-refractivity contribution in [2.45, 2.75) is 6.54 Å². The zero-order valence-corrected chi connectivity index (χ0v) is 10.6. The maximum Gasteiger partial charge on any atom is 0.411 e. The summed E-state index contributed by atoms with van der Waals surface area (Å²) in [6.07, 6.45) is 3.04. The first-order valence-corrected chi connectivity index (χ1v) is 5.82. The second-order valence-corrected chi connectivity index (χ2v) is 3.98. The van der Waals surface area contributed by atoms with Crippen LogP contribution in [-0.2, 0) is 11.3 Å². The molecule has 1 aromatic heterocycles. The number of rotatable bonds is 3. The number of ether oxygens (including phenoxy) is 1. The first kappa shape index (κ1) is 13.0. The summed E-state index contributed by atoms with van der Waals surface area (Å²) >= 11 is 0. The molecule has 0 radical (unpaired) electrons. The zero-order valence-electron chi connectivity index (χ0n) is 10.6. The van der Waals surface area contributed by atoms with E-state index in [4.69, 9.17) is 5.73 Å². The fourth-order valence-electron chi connectivity index (χ4n) is 1.67. The van der Waals surface area contributed by atoms with Crippen molar-refractivity contribution in [3.05, 3.63) is 48.3 Å². The number of nitrogens with zero attached hydrogens (tertiary/aromatic N) is 1. The van der Waals surface area contributed by atoms with Gasteiger partial charge in [-0.1, -0.05) is 12.1 Å². The van der Waals surface area contributed by atoms with E-state index in [0.29, 0.717) is 12.2 Å². The molecular formula is C14H15N3O2. The summed E-state index contributed by atoms with van der Waals surface area (Å²) in [4.78, 5) is 15.2. The summed E-state index contributed by atoms with van der Waals surface area (Å²) in [5, 5.41) is 2.60. The number of benzene rings is 1. The molecule has 0 saturated heterocycles. The number of anilines is 1. The van der Waals surface area contributed by atoms with Crippen LogP contribution < -0.4 is 11.1 Å². The van der Waals surface area contributed by atoms with E-state index < -0.39 is 6.09 Å². The van der Waals surface area contributed by atoms with Crippen LogP contribution in [0.5, 0.6) is 0 Å². The molecule has 5 heteroatoms. The minimum atomic E-state index is -0.487. The van der Waals surface area contributed by atoms with Crippen molar-refractivity contribution in [3.63, 3.8) is 0 Å². The lowest BCUT2D eigenvalue weighted by molar-refractivity contribution is 0.187. The molecule has 0 aliphatic heterocycles. The Kier molecular flexibility index (Phi) is 4.10. The summed E-state index contributed by atoms with van der Waals surface area (Å²) in [5.41, 5.74) is 9.26. The van der Waals surface area contributed by atoms with E-state index in [9.17, 15) is 4.79 Å². The van der Waals surface area contributed by atoms with Crippen molar-refractivity contribution in [1.82, 2.24) is 4.98 Å². The number of hydrogen-bond donors (Lipinski definition) is 2. The molecule has 2 aromatic rings. The molecule has 0 aliphatic rings. The van der Waals surface area contributed by atoms with E-state index in [0.717, 1.165) is 16.7 Å². The van der Waals surface area contributed by atoms with Crippen molar-refractivity contribution >= 4 is 11.8 Å². The van der Waals surface area contributed by atoms with Gasteiger partial charge in [0.25, 0.3) is 0 Å². The Morgan fingerprint density at radius 1 is 1.26 bits per heavy atom. The van der Waals surface area contributed by atoms with Gasteiger partial charge < -0.3 is 10.5 Å². The SMILES string of the molecule is COC(=O)Nc1ccc(-c2cncc(CN)c2)cc1. The van der Waals surface area contributed by atoms with Gasteiger partial charge >= 0.3 is 6.09 Å². The summed E-state index contributed by atoms with van der Waals surface area (Å²) in [7, 11) is 1.33. The van der Waals surface area contributed by atoms with Gasteiger partial charge in [0.1, 0.15) is 0 Å². The van der Waals surface area contributed by atoms with E-state index in [1.807, 2.05) is 18.2 Å². The Morgan fingerprint density at radius 3 is 2.63 bits per heavy atom. The standard InChI is InChI=1S/C14H15N3O2/c1-19-14(18)17-13-4-2-11(3-5-13)12-6-10(7-15)8-16-9-12/h2-6,8-9H,7,15H2,1H3,(H,17,18). The maximum atomic E-state index is 11.1. The number of carbonyl (C=O) groups is 1. The lowest BCUT2D eigenvalue weighted by atomic mass is 10.1. The second kappa shape index (κ2) is 5.97. The average molecular weight is 257 g/mol. The van der Waals surface area contributed by atoms with Crippen LogP contribution in [0, 0.1) is 0 Å². The Labute approximate surface area is 111 Å². The molecule has 0 fully saturated rings. The summed E-state index contributed by atoms with van der Waals surface area (Å²) in [5.74, 6) is 0. The smallest absolute Gasteiger partial charge is 0.411 e. The van der Waals surface area contributed by atoms with Crippen molar-refractivity contribution in [2.24, 2.45) is 5.73 Å². The third kappa shape index (κ3) is 3.29. The topological polar surface area (TPSA) is 77.2 Å². The Hall–Kier alpha value is -2.40. The number of amides is 1. The number of aromatic nitrogens is 1. The molecule has 0 saturated carbocycles. The fourth-order valence-corrected chi connectivity index (χ4v) is 1.67. The molecule has 3 N–H and O–H groups in total. The third-order valence-electron chi connectivity index (χ3n) is 2.68. The Morgan fingerprint density at radius 2 is 2.00 bits per heavy atom. The van der Waals surface area contributed by atoms with Gasteiger partial charge in [-0.15, -0.1) is 0 Å². The average Bonchev–Trinajstić information content (AvgIpc) is 2.48. The minimum absolute atomic E-state index is 0.461. The van der Waals surface area contributed by atoms with E-state index in [1.54, 1.807) is 24.5 Å². The highest BCUT2D eigenvalue weighted by atomic mass is 16.5. The van der Waals surface area contributed by atoms with Crippen LogP contribution in [0.25, 0.3) is 11.1 Å². The van der Waals surface area contributed by atoms with Gasteiger partial charge in [-0.05, 0) is 29.3 Å². The van der Waals surface area contributed by atoms with Crippen LogP contribution >= 0.6 is 0 Å². The largest absolute Gasteiger partial charge is 0.453 e. The Bertz CT molecular complexity index is 567. The summed E-state index contributed by atoms with van der Waals surface area (Å²) in [6.45, 7) is 0.461. The van der Waals surface area contributed by atoms with Gasteiger partial charge in [-0.25, -0.2) is 4.79 Å². The second-order valence-electron chi connectivity index (χ2n) is 3.98. The molecule has 19 heavy (non-hydrogen) atoms. The van der Waals surface area contributed by atoms with Crippen LogP contribution in [0.2, 0.25) is 0 Å². The highest BCUT2D eigenvalue weighted by molar-refractivity contribution is 5.85. The lowest BCUT2D eigenvalue weighted by Gasteiger charge is -2.06. The molecule has 1 aromatic carbocycles. The number of nitrogens with one attached hydrogen (secondary N) is 1. The number of pyridine rings is 1. The first-order chi connectivity index (χ1) is 9.22. The van der Waals surface area contributed by atoms with E-state index in [1.165, 1.54) is 7.11 Å². The predicted octanol–water partition coefficient (Wildman–Crippen LogP) is 2.39. The van der Waals surface area contributed by atoms with Crippen molar-refractivity contribution in [2.75, 3.05) is 12.4 Å². The monoisotopic (exact) mass is 257 g/mol. The Balaban J connectivity index is 2.19. The van der Waals surface area contributed by atoms with Crippen LogP contribution in [0.4, 0.5) is 10.5 Å². The molecule has 2 rings (SSSR count). The maximum absolute atomic E-state index is 11.1. The van der Waals surface area contributed by atoms with E-state index in [-0.39, 0.29) is 0 Å². The molecule has 1 heterocycles. The van der Waals surface area contributed by atoms with E-state index in [2.05, 4.69) is 15.0 Å². The van der Waals surface area contributed by atoms with Gasteiger partial charge in [0, 0.05) is 30.2 Å². The highest BCUT2D eigenvalue weighted by Crippen LogP contribution is 2.21. The van der Waals surface area contributed by atoms with Gasteiger partial charge in [0.05, 0.1) is 7.11 Å². The van der Waals surface area contributed by atoms with Gasteiger partial charge in [0.2, 0.25) is 0 Å². The van der Waals surface area contributed by atoms with Crippen molar-refractivity contribution in [1.29, 1.82) is 0 Å². The molecule has 0 spiro atoms. The predicted molar refractivity (Wildman–Crippen MR) is 73.6 cm³/mol. The zero-order chi connectivity index (χ0) is 13.7. The van der Waals surface area contributed by atoms with Gasteiger partial charge in [0.15, 0.2) is 0 Å². The molecule has 0 unspecified atom stereocenters. The van der Waals surface area contributed by atoms with Gasteiger partial charge in [-0.2, -0.15) is 0 Å². The summed E-state index contributed by atoms with van der Waals surface area (Å²) in [6, 6.07) is 9.42. The molecule has 0 aliphatic carbocycles. The van der Waals surface area contributed by atoms with Crippen LogP contribution in [0.15, 0.2) is 42.7 Å². The molecular weight excluding hydrogens is 242 g/mol. The lowest BCUT2D eigenvalue weighted by Crippen LogP contribution is -2.10. The van der Waals surface area contributed by atoms with Gasteiger partial charge in [-0.3, -0.25) is 10.3 Å². The molecule has 0 bridgehead atoms. The van der Waals surface area contributed by atoms with Crippen LogP contribution in [0.3, 0.4) is 0 Å². The number of carbonyl (C=O) groups excluding carboxylic acids is 1. The van der Waals surface area contributed by atoms with Crippen LogP contribution in [0.1, 0.15) is 5.56 Å². The molecule has 1 amide bonds. The van der Waals surface area contributed by atoms with Crippen LogP contribution in [-0.4, -0.2) is 18.2 Å². The molecule has 5 nitrogen and oxygen atoms in total. The quantitative estimate of drug-likeness (QED) is 0.885. The number of hydrogen-bond acceptors (Lipinski definition) is 4. The van der Waals surface area contributed by atoms with E-state index >= 15 is 0 Å². The summed E-state index contributed by atoms with van der Waals surface area (Å²) < 4.78 is 4.53. The number of methoxy groups -OCH3 is 1. The fraction of sp³-hybridized carbons (Fsp3) is 0.143. The molecule has 0 atom stereocenters. The first-order valence-electron chi connectivity index (χ1n) is 5.82. The normalized spacial score (nSPS) is 10.0. The van der Waals surface area contributed by atoms with Crippen molar-refractivity contribution in [3.8, 4) is 11.1 Å². The third-order valence-corrected chi connectivity index (χ3v) is 2.68. The minimum Gasteiger partial charge on any atom is -0.453 e. The molecule has 98 valence electrons. The number of nitrogens with two attached hydrogens (primary N) is 1. The highest BCUT2D eigenvalue weighted by Gasteiger charge is 2.02. The van der Waals surface area contributed by atoms with Crippen molar-refractivity contribution < 1.29 is 9.53 Å².